The Morgan fingerprint density at radius 2 is 1.35 bits per heavy atom. The average molecular weight is 239 g/mol. The first-order chi connectivity index (χ1) is 8.36. The minimum atomic E-state index is 0.275. The van der Waals surface area contributed by atoms with Crippen LogP contribution in [0, 0.1) is 0 Å². The fourth-order valence-electron chi connectivity index (χ4n) is 2.66. The van der Waals surface area contributed by atoms with Crippen molar-refractivity contribution < 1.29 is 4.79 Å². The van der Waals surface area contributed by atoms with Gasteiger partial charge < -0.3 is 4.90 Å². The van der Waals surface area contributed by atoms with Crippen LogP contribution in [0.4, 0.5) is 0 Å². The summed E-state index contributed by atoms with van der Waals surface area (Å²) in [6.45, 7) is 4.58. The minimum absolute atomic E-state index is 0.275. The lowest BCUT2D eigenvalue weighted by atomic mass is 10.2. The third-order valence-electron chi connectivity index (χ3n) is 3.77. The van der Waals surface area contributed by atoms with Crippen LogP contribution in [0.15, 0.2) is 0 Å². The number of amides is 1. The van der Waals surface area contributed by atoms with Gasteiger partial charge in [-0.3, -0.25) is 4.79 Å². The number of nitrogens with one attached hydrogen (secondary N) is 1. The van der Waals surface area contributed by atoms with E-state index < -0.39 is 0 Å². The number of carbonyl (C=O) groups is 1. The number of piperidine rings is 1. The van der Waals surface area contributed by atoms with Crippen molar-refractivity contribution in [1.82, 2.24) is 15.3 Å². The van der Waals surface area contributed by atoms with Crippen molar-refractivity contribution in [2.45, 2.75) is 44.9 Å². The van der Waals surface area contributed by atoms with Crippen LogP contribution >= 0.6 is 0 Å². The van der Waals surface area contributed by atoms with E-state index in [-0.39, 0.29) is 5.91 Å². The van der Waals surface area contributed by atoms with Gasteiger partial charge in [-0.15, -0.1) is 0 Å². The highest BCUT2D eigenvalue weighted by Gasteiger charge is 2.16. The van der Waals surface area contributed by atoms with Crippen molar-refractivity contribution in [3.8, 4) is 0 Å². The molecule has 2 heterocycles. The molecule has 0 radical (unpaired) electrons. The molecular formula is C13H25N3O. The van der Waals surface area contributed by atoms with E-state index in [1.807, 2.05) is 4.90 Å². The summed E-state index contributed by atoms with van der Waals surface area (Å²) in [7, 11) is 0. The molecule has 0 aliphatic carbocycles. The summed E-state index contributed by atoms with van der Waals surface area (Å²) in [5.41, 5.74) is 3.28. The maximum Gasteiger partial charge on any atom is 0.237 e. The lowest BCUT2D eigenvalue weighted by Crippen LogP contribution is -2.47. The van der Waals surface area contributed by atoms with Gasteiger partial charge in [-0.05, 0) is 25.7 Å². The van der Waals surface area contributed by atoms with Crippen molar-refractivity contribution in [3.05, 3.63) is 0 Å². The number of hydrazine groups is 1. The van der Waals surface area contributed by atoms with Crippen molar-refractivity contribution in [2.75, 3.05) is 32.7 Å². The van der Waals surface area contributed by atoms with E-state index in [1.165, 1.54) is 44.9 Å². The molecule has 0 bridgehead atoms. The molecule has 0 aromatic heterocycles. The van der Waals surface area contributed by atoms with E-state index >= 15 is 0 Å². The predicted molar refractivity (Wildman–Crippen MR) is 68.5 cm³/mol. The molecule has 17 heavy (non-hydrogen) atoms. The van der Waals surface area contributed by atoms with Crippen LogP contribution in [0.25, 0.3) is 0 Å². The molecule has 2 fully saturated rings. The Labute approximate surface area is 104 Å². The fraction of sp³-hybridized carbons (Fsp3) is 0.923. The second-order valence-electron chi connectivity index (χ2n) is 5.18. The topological polar surface area (TPSA) is 35.6 Å². The van der Waals surface area contributed by atoms with Gasteiger partial charge in [0.2, 0.25) is 5.91 Å². The van der Waals surface area contributed by atoms with Crippen molar-refractivity contribution in [1.29, 1.82) is 0 Å². The molecule has 2 aliphatic heterocycles. The standard InChI is InChI=1S/C13H25N3O/c17-13(15-8-4-1-2-5-9-15)12-14-16-10-6-3-7-11-16/h14H,1-12H2. The first-order valence-electron chi connectivity index (χ1n) is 7.12. The van der Waals surface area contributed by atoms with Crippen LogP contribution in [0.5, 0.6) is 0 Å². The second-order valence-corrected chi connectivity index (χ2v) is 5.18. The normalized spacial score (nSPS) is 23.4. The number of nitrogens with zero attached hydrogens (tertiary/aromatic N) is 2. The molecular weight excluding hydrogens is 214 g/mol. The monoisotopic (exact) mass is 239 g/mol. The van der Waals surface area contributed by atoms with Gasteiger partial charge >= 0.3 is 0 Å². The molecule has 0 atom stereocenters. The number of carbonyl (C=O) groups excluding carboxylic acids is 1. The predicted octanol–water partition coefficient (Wildman–Crippen LogP) is 1.38. The Morgan fingerprint density at radius 3 is 2.00 bits per heavy atom. The zero-order valence-corrected chi connectivity index (χ0v) is 10.8. The van der Waals surface area contributed by atoms with Crippen LogP contribution in [0.3, 0.4) is 0 Å². The van der Waals surface area contributed by atoms with Gasteiger partial charge in [0.25, 0.3) is 0 Å². The maximum absolute atomic E-state index is 12.0. The van der Waals surface area contributed by atoms with Crippen LogP contribution in [0.2, 0.25) is 0 Å². The number of likely N-dealkylation sites (tertiary alicyclic amines) is 1. The Morgan fingerprint density at radius 1 is 0.824 bits per heavy atom. The van der Waals surface area contributed by atoms with E-state index in [4.69, 9.17) is 0 Å². The summed E-state index contributed by atoms with van der Waals surface area (Å²) in [5.74, 6) is 0.275. The first kappa shape index (κ1) is 12.8. The summed E-state index contributed by atoms with van der Waals surface area (Å²) in [6.07, 6.45) is 8.76. The van der Waals surface area contributed by atoms with Gasteiger partial charge in [0.05, 0.1) is 6.54 Å². The average Bonchev–Trinajstić information content (AvgIpc) is 2.66. The van der Waals surface area contributed by atoms with Gasteiger partial charge in [-0.25, -0.2) is 10.4 Å². The second kappa shape index (κ2) is 6.97. The van der Waals surface area contributed by atoms with E-state index in [0.717, 1.165) is 26.2 Å². The highest BCUT2D eigenvalue weighted by molar-refractivity contribution is 5.78. The van der Waals surface area contributed by atoms with Crippen molar-refractivity contribution in [2.24, 2.45) is 0 Å². The van der Waals surface area contributed by atoms with E-state index in [2.05, 4.69) is 10.4 Å². The molecule has 2 saturated heterocycles. The van der Waals surface area contributed by atoms with Gasteiger partial charge in [-0.1, -0.05) is 19.3 Å². The maximum atomic E-state index is 12.0. The molecule has 0 aromatic carbocycles. The summed E-state index contributed by atoms with van der Waals surface area (Å²) < 4.78 is 0. The number of hydrogen-bond acceptors (Lipinski definition) is 3. The van der Waals surface area contributed by atoms with Crippen LogP contribution < -0.4 is 5.43 Å². The summed E-state index contributed by atoms with van der Waals surface area (Å²) >= 11 is 0. The number of hydrogen-bond donors (Lipinski definition) is 1. The molecule has 4 nitrogen and oxygen atoms in total. The Hall–Kier alpha value is -0.610. The van der Waals surface area contributed by atoms with Gasteiger partial charge in [0.15, 0.2) is 0 Å². The molecule has 1 N–H and O–H groups in total. The lowest BCUT2D eigenvalue weighted by molar-refractivity contribution is -0.131. The zero-order chi connectivity index (χ0) is 11.9. The Bertz CT molecular complexity index is 231. The largest absolute Gasteiger partial charge is 0.342 e. The molecule has 0 saturated carbocycles. The molecule has 0 spiro atoms. The van der Waals surface area contributed by atoms with Gasteiger partial charge in [0.1, 0.15) is 0 Å². The summed E-state index contributed by atoms with van der Waals surface area (Å²) in [6, 6.07) is 0. The molecule has 2 aliphatic rings. The highest BCUT2D eigenvalue weighted by atomic mass is 16.2. The molecule has 98 valence electrons. The lowest BCUT2D eigenvalue weighted by Gasteiger charge is -2.28. The summed E-state index contributed by atoms with van der Waals surface area (Å²) in [5, 5.41) is 2.21. The van der Waals surface area contributed by atoms with Crippen molar-refractivity contribution in [3.63, 3.8) is 0 Å². The molecule has 1 amide bonds. The molecule has 0 aromatic rings. The minimum Gasteiger partial charge on any atom is -0.342 e. The molecule has 4 heteroatoms. The van der Waals surface area contributed by atoms with Crippen LogP contribution in [0.1, 0.15) is 44.9 Å². The van der Waals surface area contributed by atoms with Crippen LogP contribution in [-0.2, 0) is 4.79 Å². The van der Waals surface area contributed by atoms with E-state index in [0.29, 0.717) is 6.54 Å². The Balaban J connectivity index is 1.68. The third-order valence-corrected chi connectivity index (χ3v) is 3.77. The Kier molecular flexibility index (Phi) is 5.26. The number of rotatable bonds is 3. The summed E-state index contributed by atoms with van der Waals surface area (Å²) in [4.78, 5) is 14.1. The fourth-order valence-corrected chi connectivity index (χ4v) is 2.66. The van der Waals surface area contributed by atoms with Gasteiger partial charge in [0, 0.05) is 26.2 Å². The quantitative estimate of drug-likeness (QED) is 0.808. The van der Waals surface area contributed by atoms with Crippen LogP contribution in [-0.4, -0.2) is 48.5 Å². The smallest absolute Gasteiger partial charge is 0.237 e. The third kappa shape index (κ3) is 4.28. The first-order valence-corrected chi connectivity index (χ1v) is 7.12. The SMILES string of the molecule is O=C(CNN1CCCCC1)N1CCCCCC1. The zero-order valence-electron chi connectivity index (χ0n) is 10.8. The van der Waals surface area contributed by atoms with Crippen molar-refractivity contribution >= 4 is 5.91 Å². The molecule has 2 rings (SSSR count). The highest BCUT2D eigenvalue weighted by Crippen LogP contribution is 2.10. The van der Waals surface area contributed by atoms with Gasteiger partial charge in [-0.2, -0.15) is 0 Å². The van der Waals surface area contributed by atoms with E-state index in [1.54, 1.807) is 0 Å². The molecule has 0 unspecified atom stereocenters. The van der Waals surface area contributed by atoms with E-state index in [9.17, 15) is 4.79 Å².